The van der Waals surface area contributed by atoms with Gasteiger partial charge in [0.1, 0.15) is 6.10 Å². The first-order valence-corrected chi connectivity index (χ1v) is 6.75. The van der Waals surface area contributed by atoms with Crippen LogP contribution in [0, 0.1) is 17.8 Å². The second-order valence-corrected chi connectivity index (χ2v) is 6.02. The number of ether oxygens (including phenoxy) is 1. The Morgan fingerprint density at radius 2 is 1.94 bits per heavy atom. The Morgan fingerprint density at radius 1 is 1.29 bits per heavy atom. The minimum atomic E-state index is -0.172. The van der Waals surface area contributed by atoms with Crippen molar-refractivity contribution in [1.82, 2.24) is 0 Å². The summed E-state index contributed by atoms with van der Waals surface area (Å²) < 4.78 is 5.63. The lowest BCUT2D eigenvalue weighted by atomic mass is 9.75. The van der Waals surface area contributed by atoms with Gasteiger partial charge in [0, 0.05) is 6.08 Å². The molecule has 0 aromatic carbocycles. The lowest BCUT2D eigenvalue weighted by Gasteiger charge is -2.36. The molecule has 0 N–H and O–H groups in total. The van der Waals surface area contributed by atoms with Gasteiger partial charge in [-0.1, -0.05) is 32.8 Å². The SMILES string of the molecule is CC(C)=CC(=O)O[C@@H]1C[C@@H](C)CC[C@H]1C(C)C. The fourth-order valence-corrected chi connectivity index (χ4v) is 2.67. The molecule has 17 heavy (non-hydrogen) atoms. The predicted octanol–water partition coefficient (Wildman–Crippen LogP) is 3.96. The van der Waals surface area contributed by atoms with Gasteiger partial charge >= 0.3 is 5.97 Å². The molecule has 1 aliphatic rings. The number of carbonyl (C=O) groups is 1. The maximum absolute atomic E-state index is 11.7. The van der Waals surface area contributed by atoms with E-state index in [1.165, 1.54) is 12.8 Å². The van der Waals surface area contributed by atoms with Crippen LogP contribution in [-0.4, -0.2) is 12.1 Å². The summed E-state index contributed by atoms with van der Waals surface area (Å²) >= 11 is 0. The highest BCUT2D eigenvalue weighted by atomic mass is 16.5. The molecular formula is C15H26O2. The third-order valence-corrected chi connectivity index (χ3v) is 3.64. The molecule has 1 saturated carbocycles. The van der Waals surface area contributed by atoms with Crippen LogP contribution in [0.3, 0.4) is 0 Å². The zero-order valence-electron chi connectivity index (χ0n) is 11.8. The van der Waals surface area contributed by atoms with Crippen LogP contribution < -0.4 is 0 Å². The number of hydrogen-bond donors (Lipinski definition) is 0. The molecule has 0 radical (unpaired) electrons. The molecule has 0 saturated heterocycles. The van der Waals surface area contributed by atoms with Crippen molar-refractivity contribution in [2.75, 3.05) is 0 Å². The topological polar surface area (TPSA) is 26.3 Å². The van der Waals surface area contributed by atoms with Crippen LogP contribution in [0.5, 0.6) is 0 Å². The molecular weight excluding hydrogens is 212 g/mol. The minimum Gasteiger partial charge on any atom is -0.459 e. The van der Waals surface area contributed by atoms with E-state index in [4.69, 9.17) is 4.74 Å². The Morgan fingerprint density at radius 3 is 2.47 bits per heavy atom. The van der Waals surface area contributed by atoms with Crippen molar-refractivity contribution in [3.05, 3.63) is 11.6 Å². The lowest BCUT2D eigenvalue weighted by Crippen LogP contribution is -2.35. The first kappa shape index (κ1) is 14.3. The zero-order chi connectivity index (χ0) is 13.0. The summed E-state index contributed by atoms with van der Waals surface area (Å²) in [6, 6.07) is 0. The fraction of sp³-hybridized carbons (Fsp3) is 0.800. The minimum absolute atomic E-state index is 0.113. The monoisotopic (exact) mass is 238 g/mol. The molecule has 1 rings (SSSR count). The van der Waals surface area contributed by atoms with Crippen LogP contribution in [-0.2, 0) is 9.53 Å². The van der Waals surface area contributed by atoms with Gasteiger partial charge in [0.2, 0.25) is 0 Å². The summed E-state index contributed by atoms with van der Waals surface area (Å²) in [6.45, 7) is 10.5. The van der Waals surface area contributed by atoms with Gasteiger partial charge in [-0.25, -0.2) is 4.79 Å². The summed E-state index contributed by atoms with van der Waals surface area (Å²) in [6.07, 6.45) is 5.18. The first-order chi connectivity index (χ1) is 7.90. The molecule has 0 spiro atoms. The van der Waals surface area contributed by atoms with Crippen molar-refractivity contribution in [3.8, 4) is 0 Å². The molecule has 0 amide bonds. The van der Waals surface area contributed by atoms with E-state index >= 15 is 0 Å². The second-order valence-electron chi connectivity index (χ2n) is 6.02. The summed E-state index contributed by atoms with van der Waals surface area (Å²) in [5.41, 5.74) is 1.000. The Balaban J connectivity index is 2.64. The summed E-state index contributed by atoms with van der Waals surface area (Å²) in [5, 5.41) is 0. The van der Waals surface area contributed by atoms with Gasteiger partial charge in [0.05, 0.1) is 0 Å². The molecule has 2 heteroatoms. The van der Waals surface area contributed by atoms with Gasteiger partial charge in [-0.3, -0.25) is 0 Å². The number of esters is 1. The van der Waals surface area contributed by atoms with E-state index in [0.29, 0.717) is 17.8 Å². The van der Waals surface area contributed by atoms with Crippen LogP contribution in [0.1, 0.15) is 53.9 Å². The van der Waals surface area contributed by atoms with Gasteiger partial charge in [-0.2, -0.15) is 0 Å². The number of allylic oxidation sites excluding steroid dienone is 1. The Kier molecular flexibility index (Phi) is 5.23. The van der Waals surface area contributed by atoms with Crippen molar-refractivity contribution in [3.63, 3.8) is 0 Å². The molecule has 0 bridgehead atoms. The largest absolute Gasteiger partial charge is 0.459 e. The molecule has 0 unspecified atom stereocenters. The van der Waals surface area contributed by atoms with Gasteiger partial charge in [-0.15, -0.1) is 0 Å². The highest BCUT2D eigenvalue weighted by molar-refractivity contribution is 5.82. The Bertz CT molecular complexity index is 287. The Hall–Kier alpha value is -0.790. The molecule has 98 valence electrons. The molecule has 0 aliphatic heterocycles. The van der Waals surface area contributed by atoms with Crippen LogP contribution in [0.25, 0.3) is 0 Å². The highest BCUT2D eigenvalue weighted by Crippen LogP contribution is 2.35. The summed E-state index contributed by atoms with van der Waals surface area (Å²) in [7, 11) is 0. The van der Waals surface area contributed by atoms with E-state index in [2.05, 4.69) is 20.8 Å². The van der Waals surface area contributed by atoms with Crippen LogP contribution in [0.15, 0.2) is 11.6 Å². The van der Waals surface area contributed by atoms with Gasteiger partial charge in [-0.05, 0) is 44.4 Å². The molecule has 0 aromatic rings. The third kappa shape index (κ3) is 4.53. The standard InChI is InChI=1S/C15H26O2/c1-10(2)8-15(16)17-14-9-12(5)6-7-13(14)11(3)4/h8,11-14H,6-7,9H2,1-5H3/t12-,13-,14+/m0/s1. The van der Waals surface area contributed by atoms with Gasteiger partial charge < -0.3 is 4.74 Å². The Labute approximate surface area is 105 Å². The second kappa shape index (κ2) is 6.23. The lowest BCUT2D eigenvalue weighted by molar-refractivity contribution is -0.149. The fourth-order valence-electron chi connectivity index (χ4n) is 2.67. The molecule has 0 aromatic heterocycles. The van der Waals surface area contributed by atoms with E-state index < -0.39 is 0 Å². The van der Waals surface area contributed by atoms with Gasteiger partial charge in [0.15, 0.2) is 0 Å². The van der Waals surface area contributed by atoms with E-state index in [-0.39, 0.29) is 12.1 Å². The summed E-state index contributed by atoms with van der Waals surface area (Å²) in [4.78, 5) is 11.7. The average molecular weight is 238 g/mol. The van der Waals surface area contributed by atoms with E-state index in [9.17, 15) is 4.79 Å². The summed E-state index contributed by atoms with van der Waals surface area (Å²) in [5.74, 6) is 1.62. The van der Waals surface area contributed by atoms with E-state index in [0.717, 1.165) is 12.0 Å². The van der Waals surface area contributed by atoms with Crippen molar-refractivity contribution in [2.45, 2.75) is 60.0 Å². The van der Waals surface area contributed by atoms with Crippen LogP contribution in [0.4, 0.5) is 0 Å². The predicted molar refractivity (Wildman–Crippen MR) is 70.7 cm³/mol. The zero-order valence-corrected chi connectivity index (χ0v) is 11.8. The maximum atomic E-state index is 11.7. The maximum Gasteiger partial charge on any atom is 0.330 e. The van der Waals surface area contributed by atoms with E-state index in [1.807, 2.05) is 13.8 Å². The first-order valence-electron chi connectivity index (χ1n) is 6.75. The quantitative estimate of drug-likeness (QED) is 0.549. The number of carbonyl (C=O) groups excluding carboxylic acids is 1. The number of rotatable bonds is 3. The molecule has 3 atom stereocenters. The molecule has 0 heterocycles. The van der Waals surface area contributed by atoms with Crippen molar-refractivity contribution in [1.29, 1.82) is 0 Å². The van der Waals surface area contributed by atoms with Crippen molar-refractivity contribution < 1.29 is 9.53 Å². The van der Waals surface area contributed by atoms with Crippen molar-refractivity contribution in [2.24, 2.45) is 17.8 Å². The van der Waals surface area contributed by atoms with E-state index in [1.54, 1.807) is 6.08 Å². The average Bonchev–Trinajstić information content (AvgIpc) is 2.15. The smallest absolute Gasteiger partial charge is 0.330 e. The van der Waals surface area contributed by atoms with Crippen LogP contribution >= 0.6 is 0 Å². The highest BCUT2D eigenvalue weighted by Gasteiger charge is 2.32. The van der Waals surface area contributed by atoms with Crippen LogP contribution in [0.2, 0.25) is 0 Å². The molecule has 1 fully saturated rings. The number of hydrogen-bond acceptors (Lipinski definition) is 2. The van der Waals surface area contributed by atoms with Crippen molar-refractivity contribution >= 4 is 5.97 Å². The van der Waals surface area contributed by atoms with Gasteiger partial charge in [0.25, 0.3) is 0 Å². The normalized spacial score (nSPS) is 28.9. The third-order valence-electron chi connectivity index (χ3n) is 3.64. The molecule has 1 aliphatic carbocycles. The molecule has 2 nitrogen and oxygen atoms in total.